The summed E-state index contributed by atoms with van der Waals surface area (Å²) in [6.45, 7) is 2.93. The van der Waals surface area contributed by atoms with Crippen molar-refractivity contribution < 1.29 is 4.79 Å². The average Bonchev–Trinajstić information content (AvgIpc) is 2.71. The van der Waals surface area contributed by atoms with E-state index >= 15 is 0 Å². The minimum atomic E-state index is 0.0273. The molecule has 150 valence electrons. The molecule has 1 atom stereocenters. The molecule has 0 fully saturated rings. The predicted molar refractivity (Wildman–Crippen MR) is 117 cm³/mol. The Morgan fingerprint density at radius 1 is 1.04 bits per heavy atom. The number of nitrogens with zero attached hydrogens (tertiary/aromatic N) is 2. The second-order valence-corrected chi connectivity index (χ2v) is 7.22. The number of amides is 1. The number of guanidine groups is 1. The predicted octanol–water partition coefficient (Wildman–Crippen LogP) is 3.12. The van der Waals surface area contributed by atoms with Crippen molar-refractivity contribution >= 4 is 11.9 Å². The molecule has 0 aromatic heterocycles. The first-order valence-corrected chi connectivity index (χ1v) is 9.81. The maximum atomic E-state index is 12.1. The smallest absolute Gasteiger partial charge is 0.253 e. The lowest BCUT2D eigenvalue weighted by molar-refractivity contribution is 0.0827. The summed E-state index contributed by atoms with van der Waals surface area (Å²) in [5, 5.41) is 6.81. The number of nitrogens with one attached hydrogen (secondary N) is 2. The molecule has 0 aliphatic heterocycles. The highest BCUT2D eigenvalue weighted by Gasteiger charge is 2.09. The molecule has 0 bridgehead atoms. The summed E-state index contributed by atoms with van der Waals surface area (Å²) in [4.78, 5) is 18.0. The molecule has 2 rings (SSSR count). The van der Waals surface area contributed by atoms with Gasteiger partial charge in [-0.15, -0.1) is 0 Å². The minimum Gasteiger partial charge on any atom is -0.356 e. The summed E-state index contributed by atoms with van der Waals surface area (Å²) >= 11 is 0. The molecule has 2 N–H and O–H groups in total. The average molecular weight is 381 g/mol. The van der Waals surface area contributed by atoms with Crippen molar-refractivity contribution in [2.45, 2.75) is 32.2 Å². The van der Waals surface area contributed by atoms with Crippen LogP contribution in [0.3, 0.4) is 0 Å². The van der Waals surface area contributed by atoms with Crippen molar-refractivity contribution in [3.63, 3.8) is 0 Å². The molecule has 1 unspecified atom stereocenters. The third kappa shape index (κ3) is 7.06. The van der Waals surface area contributed by atoms with Gasteiger partial charge < -0.3 is 15.5 Å². The lowest BCUT2D eigenvalue weighted by Crippen LogP contribution is -2.43. The van der Waals surface area contributed by atoms with Crippen LogP contribution in [0.2, 0.25) is 0 Å². The van der Waals surface area contributed by atoms with Crippen molar-refractivity contribution in [2.24, 2.45) is 4.99 Å². The molecule has 0 saturated heterocycles. The molecule has 0 aliphatic rings. The number of hydrogen-bond acceptors (Lipinski definition) is 2. The standard InChI is InChI=1S/C23H32N4O/c1-18(13-14-19-9-6-5-7-10-19)26-23(24-2)25-16-15-20-11-8-12-21(17-20)22(28)27(3)4/h5-12,17-18H,13-16H2,1-4H3,(H2,24,25,26). The lowest BCUT2D eigenvalue weighted by atomic mass is 10.1. The number of carbonyl (C=O) groups is 1. The topological polar surface area (TPSA) is 56.7 Å². The minimum absolute atomic E-state index is 0.0273. The van der Waals surface area contributed by atoms with Gasteiger partial charge in [-0.3, -0.25) is 9.79 Å². The molecular formula is C23H32N4O. The fraction of sp³-hybridized carbons (Fsp3) is 0.391. The summed E-state index contributed by atoms with van der Waals surface area (Å²) in [5.41, 5.74) is 3.21. The number of aryl methyl sites for hydroxylation is 1. The molecule has 28 heavy (non-hydrogen) atoms. The number of rotatable bonds is 8. The number of aliphatic imine (C=N–C) groups is 1. The van der Waals surface area contributed by atoms with E-state index in [0.29, 0.717) is 6.04 Å². The van der Waals surface area contributed by atoms with Crippen LogP contribution in [0.25, 0.3) is 0 Å². The van der Waals surface area contributed by atoms with Crippen molar-refractivity contribution in [1.82, 2.24) is 15.5 Å². The van der Waals surface area contributed by atoms with E-state index in [-0.39, 0.29) is 5.91 Å². The Labute approximate surface area is 168 Å². The van der Waals surface area contributed by atoms with Gasteiger partial charge in [0.1, 0.15) is 0 Å². The maximum Gasteiger partial charge on any atom is 0.253 e. The first-order chi connectivity index (χ1) is 13.5. The van der Waals surface area contributed by atoms with E-state index in [0.717, 1.165) is 42.9 Å². The molecule has 2 aromatic carbocycles. The van der Waals surface area contributed by atoms with Gasteiger partial charge in [-0.05, 0) is 49.4 Å². The van der Waals surface area contributed by atoms with Gasteiger partial charge in [0.2, 0.25) is 0 Å². The molecular weight excluding hydrogens is 348 g/mol. The van der Waals surface area contributed by atoms with Crippen LogP contribution in [0.1, 0.15) is 34.8 Å². The number of benzene rings is 2. The van der Waals surface area contributed by atoms with E-state index in [1.807, 2.05) is 30.3 Å². The zero-order valence-electron chi connectivity index (χ0n) is 17.4. The lowest BCUT2D eigenvalue weighted by Gasteiger charge is -2.18. The molecule has 5 heteroatoms. The summed E-state index contributed by atoms with van der Waals surface area (Å²) in [6, 6.07) is 18.7. The van der Waals surface area contributed by atoms with Crippen LogP contribution in [-0.2, 0) is 12.8 Å². The van der Waals surface area contributed by atoms with Crippen LogP contribution in [0, 0.1) is 0 Å². The van der Waals surface area contributed by atoms with Crippen molar-refractivity contribution in [2.75, 3.05) is 27.7 Å². The highest BCUT2D eigenvalue weighted by atomic mass is 16.2. The molecule has 0 heterocycles. The van der Waals surface area contributed by atoms with Crippen LogP contribution in [0.5, 0.6) is 0 Å². The summed E-state index contributed by atoms with van der Waals surface area (Å²) in [7, 11) is 5.33. The number of hydrogen-bond donors (Lipinski definition) is 2. The van der Waals surface area contributed by atoms with Crippen LogP contribution < -0.4 is 10.6 Å². The molecule has 0 radical (unpaired) electrons. The third-order valence-corrected chi connectivity index (χ3v) is 4.60. The van der Waals surface area contributed by atoms with Crippen LogP contribution in [0.4, 0.5) is 0 Å². The second kappa shape index (κ2) is 11.1. The Morgan fingerprint density at radius 2 is 1.75 bits per heavy atom. The highest BCUT2D eigenvalue weighted by Crippen LogP contribution is 2.08. The summed E-state index contributed by atoms with van der Waals surface area (Å²) in [6.07, 6.45) is 2.91. The van der Waals surface area contributed by atoms with Crippen molar-refractivity contribution in [1.29, 1.82) is 0 Å². The number of carbonyl (C=O) groups excluding carboxylic acids is 1. The van der Waals surface area contributed by atoms with Crippen molar-refractivity contribution in [3.8, 4) is 0 Å². The molecule has 5 nitrogen and oxygen atoms in total. The Bertz CT molecular complexity index is 771. The van der Waals surface area contributed by atoms with Gasteiger partial charge in [-0.2, -0.15) is 0 Å². The maximum absolute atomic E-state index is 12.1. The summed E-state index contributed by atoms with van der Waals surface area (Å²) in [5.74, 6) is 0.834. The van der Waals surface area contributed by atoms with E-state index in [4.69, 9.17) is 0 Å². The Kier molecular flexibility index (Phi) is 8.53. The monoisotopic (exact) mass is 380 g/mol. The van der Waals surface area contributed by atoms with E-state index in [1.54, 1.807) is 26.0 Å². The van der Waals surface area contributed by atoms with Gasteiger partial charge in [-0.1, -0.05) is 42.5 Å². The molecule has 0 saturated carbocycles. The van der Waals surface area contributed by atoms with Gasteiger partial charge in [0.15, 0.2) is 5.96 Å². The van der Waals surface area contributed by atoms with E-state index in [2.05, 4.69) is 46.8 Å². The SMILES string of the molecule is CN=C(NCCc1cccc(C(=O)N(C)C)c1)NC(C)CCc1ccccc1. The first-order valence-electron chi connectivity index (χ1n) is 9.81. The third-order valence-electron chi connectivity index (χ3n) is 4.60. The van der Waals surface area contributed by atoms with E-state index < -0.39 is 0 Å². The van der Waals surface area contributed by atoms with Gasteiger partial charge >= 0.3 is 0 Å². The van der Waals surface area contributed by atoms with Crippen LogP contribution in [-0.4, -0.2) is 50.5 Å². The first kappa shape index (κ1) is 21.5. The summed E-state index contributed by atoms with van der Waals surface area (Å²) < 4.78 is 0. The molecule has 0 spiro atoms. The van der Waals surface area contributed by atoms with Gasteiger partial charge in [-0.25, -0.2) is 0 Å². The second-order valence-electron chi connectivity index (χ2n) is 7.22. The van der Waals surface area contributed by atoms with E-state index in [1.165, 1.54) is 5.56 Å². The Hall–Kier alpha value is -2.82. The highest BCUT2D eigenvalue weighted by molar-refractivity contribution is 5.94. The fourth-order valence-electron chi connectivity index (χ4n) is 2.97. The Morgan fingerprint density at radius 3 is 2.43 bits per heavy atom. The van der Waals surface area contributed by atoms with Crippen molar-refractivity contribution in [3.05, 3.63) is 71.3 Å². The van der Waals surface area contributed by atoms with Crippen LogP contribution >= 0.6 is 0 Å². The fourth-order valence-corrected chi connectivity index (χ4v) is 2.97. The van der Waals surface area contributed by atoms with E-state index in [9.17, 15) is 4.79 Å². The van der Waals surface area contributed by atoms with Crippen LogP contribution in [0.15, 0.2) is 59.6 Å². The molecule has 1 amide bonds. The Balaban J connectivity index is 1.77. The largest absolute Gasteiger partial charge is 0.356 e. The van der Waals surface area contributed by atoms with Gasteiger partial charge in [0, 0.05) is 39.3 Å². The zero-order chi connectivity index (χ0) is 20.4. The molecule has 0 aliphatic carbocycles. The van der Waals surface area contributed by atoms with Gasteiger partial charge in [0.05, 0.1) is 0 Å². The molecule has 2 aromatic rings. The van der Waals surface area contributed by atoms with Gasteiger partial charge in [0.25, 0.3) is 5.91 Å². The zero-order valence-corrected chi connectivity index (χ0v) is 17.4. The quantitative estimate of drug-likeness (QED) is 0.546. The normalized spacial score (nSPS) is 12.4.